The number of halogens is 3. The Hall–Kier alpha value is -2.18. The highest BCUT2D eigenvalue weighted by molar-refractivity contribution is 7.89. The number of alkyl halides is 3. The molecule has 1 aromatic carbocycles. The van der Waals surface area contributed by atoms with Crippen molar-refractivity contribution < 1.29 is 34.2 Å². The molecule has 26 heavy (non-hydrogen) atoms. The topological polar surface area (TPSA) is 102 Å². The fourth-order valence-corrected chi connectivity index (χ4v) is 3.51. The van der Waals surface area contributed by atoms with Gasteiger partial charge in [-0.3, -0.25) is 4.98 Å². The van der Waals surface area contributed by atoms with Crippen LogP contribution in [0.3, 0.4) is 0 Å². The first kappa shape index (κ1) is 20.1. The van der Waals surface area contributed by atoms with Crippen molar-refractivity contribution in [3.05, 3.63) is 54.4 Å². The van der Waals surface area contributed by atoms with Crippen molar-refractivity contribution in [1.82, 2.24) is 9.71 Å². The number of hydrogen-bond donors (Lipinski definition) is 1. The summed E-state index contributed by atoms with van der Waals surface area (Å²) in [7, 11) is -9.62. The van der Waals surface area contributed by atoms with Gasteiger partial charge >= 0.3 is 15.6 Å². The van der Waals surface area contributed by atoms with Crippen LogP contribution in [0.5, 0.6) is 5.75 Å². The van der Waals surface area contributed by atoms with E-state index in [4.69, 9.17) is 0 Å². The van der Waals surface area contributed by atoms with Gasteiger partial charge in [-0.05, 0) is 36.8 Å². The molecule has 0 saturated heterocycles. The minimum atomic E-state index is -5.77. The van der Waals surface area contributed by atoms with Crippen LogP contribution in [0.15, 0.2) is 53.7 Å². The molecule has 1 unspecified atom stereocenters. The van der Waals surface area contributed by atoms with Gasteiger partial charge in [0.1, 0.15) is 10.6 Å². The minimum absolute atomic E-state index is 0.0527. The molecule has 0 bridgehead atoms. The van der Waals surface area contributed by atoms with Crippen molar-refractivity contribution in [3.8, 4) is 5.75 Å². The van der Waals surface area contributed by atoms with Crippen molar-refractivity contribution in [3.63, 3.8) is 0 Å². The summed E-state index contributed by atoms with van der Waals surface area (Å²) in [5, 5.41) is 0. The SMILES string of the molecule is CC(NS(=O)(=O)c1cccnc1)c1ccc(OS(=O)(=O)C(F)(F)F)cc1. The molecule has 0 aliphatic carbocycles. The highest BCUT2D eigenvalue weighted by Crippen LogP contribution is 2.27. The van der Waals surface area contributed by atoms with Crippen LogP contribution < -0.4 is 8.91 Å². The van der Waals surface area contributed by atoms with Crippen LogP contribution in [0.2, 0.25) is 0 Å². The molecule has 1 aromatic heterocycles. The number of nitrogens with one attached hydrogen (secondary N) is 1. The summed E-state index contributed by atoms with van der Waals surface area (Å²) in [6.45, 7) is 1.51. The van der Waals surface area contributed by atoms with Gasteiger partial charge in [0, 0.05) is 18.4 Å². The summed E-state index contributed by atoms with van der Waals surface area (Å²) in [6, 6.07) is 6.54. The summed E-state index contributed by atoms with van der Waals surface area (Å²) < 4.78 is 89.5. The van der Waals surface area contributed by atoms with Crippen molar-refractivity contribution >= 4 is 20.1 Å². The van der Waals surface area contributed by atoms with E-state index in [0.29, 0.717) is 5.56 Å². The monoisotopic (exact) mass is 410 g/mol. The molecule has 7 nitrogen and oxygen atoms in total. The molecule has 0 aliphatic rings. The van der Waals surface area contributed by atoms with E-state index in [9.17, 15) is 30.0 Å². The van der Waals surface area contributed by atoms with E-state index in [-0.39, 0.29) is 4.90 Å². The van der Waals surface area contributed by atoms with Crippen LogP contribution in [0.4, 0.5) is 13.2 Å². The Morgan fingerprint density at radius 1 is 1.08 bits per heavy atom. The Balaban J connectivity index is 2.13. The molecule has 1 atom stereocenters. The predicted octanol–water partition coefficient (Wildman–Crippen LogP) is 2.35. The summed E-state index contributed by atoms with van der Waals surface area (Å²) in [5.74, 6) is -0.548. The van der Waals surface area contributed by atoms with Gasteiger partial charge in [-0.1, -0.05) is 12.1 Å². The average Bonchev–Trinajstić information content (AvgIpc) is 2.54. The van der Waals surface area contributed by atoms with Crippen LogP contribution in [-0.2, 0) is 20.1 Å². The zero-order valence-corrected chi connectivity index (χ0v) is 14.8. The number of sulfonamides is 1. The third-order valence-corrected chi connectivity index (χ3v) is 5.65. The van der Waals surface area contributed by atoms with E-state index < -0.39 is 37.4 Å². The molecule has 0 radical (unpaired) electrons. The summed E-state index contributed by atoms with van der Waals surface area (Å²) in [4.78, 5) is 3.66. The first-order valence-corrected chi connectivity index (χ1v) is 9.84. The largest absolute Gasteiger partial charge is 0.534 e. The lowest BCUT2D eigenvalue weighted by Gasteiger charge is -2.15. The van der Waals surface area contributed by atoms with E-state index >= 15 is 0 Å². The molecule has 1 heterocycles. The highest BCUT2D eigenvalue weighted by Gasteiger charge is 2.48. The number of pyridine rings is 1. The molecule has 0 saturated carbocycles. The number of benzene rings is 1. The highest BCUT2D eigenvalue weighted by atomic mass is 32.2. The zero-order valence-electron chi connectivity index (χ0n) is 13.1. The van der Waals surface area contributed by atoms with Crippen molar-refractivity contribution in [2.24, 2.45) is 0 Å². The van der Waals surface area contributed by atoms with E-state index in [1.165, 1.54) is 37.4 Å². The lowest BCUT2D eigenvalue weighted by Crippen LogP contribution is -2.28. The Bertz CT molecular complexity index is 960. The Morgan fingerprint density at radius 2 is 1.69 bits per heavy atom. The number of nitrogens with zero attached hydrogens (tertiary/aromatic N) is 1. The van der Waals surface area contributed by atoms with Crippen LogP contribution in [0.25, 0.3) is 0 Å². The molecule has 0 amide bonds. The molecule has 0 fully saturated rings. The second kappa shape index (κ2) is 7.21. The van der Waals surface area contributed by atoms with Crippen LogP contribution in [0, 0.1) is 0 Å². The number of hydrogen-bond acceptors (Lipinski definition) is 6. The maximum Gasteiger partial charge on any atom is 0.534 e. The van der Waals surface area contributed by atoms with Gasteiger partial charge in [0.15, 0.2) is 0 Å². The Labute approximate surface area is 148 Å². The molecule has 0 spiro atoms. The normalized spacial score (nSPS) is 14.0. The molecule has 2 aromatic rings. The Kier molecular flexibility index (Phi) is 5.58. The lowest BCUT2D eigenvalue weighted by molar-refractivity contribution is -0.0500. The first-order valence-electron chi connectivity index (χ1n) is 6.95. The van der Waals surface area contributed by atoms with Crippen molar-refractivity contribution in [1.29, 1.82) is 0 Å². The maximum atomic E-state index is 12.3. The third kappa shape index (κ3) is 4.71. The summed E-state index contributed by atoms with van der Waals surface area (Å²) in [6.07, 6.45) is 2.57. The fourth-order valence-electron chi connectivity index (χ4n) is 1.86. The van der Waals surface area contributed by atoms with Crippen molar-refractivity contribution in [2.45, 2.75) is 23.4 Å². The molecule has 1 N–H and O–H groups in total. The average molecular weight is 410 g/mol. The van der Waals surface area contributed by atoms with Gasteiger partial charge in [0.2, 0.25) is 10.0 Å². The van der Waals surface area contributed by atoms with E-state index in [1.54, 1.807) is 0 Å². The maximum absolute atomic E-state index is 12.3. The minimum Gasteiger partial charge on any atom is -0.376 e. The summed E-state index contributed by atoms with van der Waals surface area (Å²) in [5.41, 5.74) is -5.16. The predicted molar refractivity (Wildman–Crippen MR) is 85.0 cm³/mol. The third-order valence-electron chi connectivity index (χ3n) is 3.15. The van der Waals surface area contributed by atoms with Gasteiger partial charge in [-0.2, -0.15) is 21.6 Å². The van der Waals surface area contributed by atoms with Crippen molar-refractivity contribution in [2.75, 3.05) is 0 Å². The summed E-state index contributed by atoms with van der Waals surface area (Å²) >= 11 is 0. The standard InChI is InChI=1S/C14H13F3N2O5S2/c1-10(19-25(20,21)13-3-2-8-18-9-13)11-4-6-12(7-5-11)24-26(22,23)14(15,16)17/h2-10,19H,1H3. The second-order valence-corrected chi connectivity index (χ2v) is 8.34. The molecule has 2 rings (SSSR count). The van der Waals surface area contributed by atoms with E-state index in [2.05, 4.69) is 13.9 Å². The quantitative estimate of drug-likeness (QED) is 0.579. The van der Waals surface area contributed by atoms with E-state index in [1.807, 2.05) is 0 Å². The van der Waals surface area contributed by atoms with E-state index in [0.717, 1.165) is 18.3 Å². The second-order valence-electron chi connectivity index (χ2n) is 5.08. The van der Waals surface area contributed by atoms with Gasteiger partial charge in [-0.25, -0.2) is 13.1 Å². The van der Waals surface area contributed by atoms with Gasteiger partial charge < -0.3 is 4.18 Å². The zero-order chi connectivity index (χ0) is 19.6. The van der Waals surface area contributed by atoms with Gasteiger partial charge in [-0.15, -0.1) is 0 Å². The number of rotatable bonds is 6. The molecule has 142 valence electrons. The Morgan fingerprint density at radius 3 is 2.19 bits per heavy atom. The van der Waals surface area contributed by atoms with Crippen LogP contribution >= 0.6 is 0 Å². The van der Waals surface area contributed by atoms with Gasteiger partial charge in [0.05, 0.1) is 0 Å². The van der Waals surface area contributed by atoms with Gasteiger partial charge in [0.25, 0.3) is 0 Å². The first-order chi connectivity index (χ1) is 11.9. The smallest absolute Gasteiger partial charge is 0.376 e. The fraction of sp³-hybridized carbons (Fsp3) is 0.214. The van der Waals surface area contributed by atoms with Crippen LogP contribution in [-0.4, -0.2) is 27.3 Å². The molecule has 0 aliphatic heterocycles. The lowest BCUT2D eigenvalue weighted by atomic mass is 10.1. The molecule has 12 heteroatoms. The molecular weight excluding hydrogens is 397 g/mol. The van der Waals surface area contributed by atoms with Crippen LogP contribution in [0.1, 0.15) is 18.5 Å². The molecular formula is C14H13F3N2O5S2. The number of aromatic nitrogens is 1.